The summed E-state index contributed by atoms with van der Waals surface area (Å²) >= 11 is 0. The third kappa shape index (κ3) is 3.41. The molecule has 0 unspecified atom stereocenters. The second-order valence-corrected chi connectivity index (χ2v) is 4.43. The lowest BCUT2D eigenvalue weighted by Crippen LogP contribution is -1.98. The summed E-state index contributed by atoms with van der Waals surface area (Å²) in [5, 5.41) is 19.2. The standard InChI is InChI=1S/C16H18O3/c1-2-3-9-19-16-8-7-14(18)11-15(16)12-5-4-6-13(17)10-12/h4-8,10-11,17-18H,2-3,9H2,1H3. The molecule has 0 amide bonds. The average Bonchev–Trinajstić information content (AvgIpc) is 2.40. The van der Waals surface area contributed by atoms with E-state index in [0.717, 1.165) is 29.7 Å². The van der Waals surface area contributed by atoms with Gasteiger partial charge in [-0.25, -0.2) is 0 Å². The van der Waals surface area contributed by atoms with Gasteiger partial charge in [-0.1, -0.05) is 25.5 Å². The Morgan fingerprint density at radius 3 is 2.53 bits per heavy atom. The van der Waals surface area contributed by atoms with Crippen LogP contribution in [-0.2, 0) is 0 Å². The topological polar surface area (TPSA) is 49.7 Å². The Kier molecular flexibility index (Phi) is 4.29. The molecule has 100 valence electrons. The van der Waals surface area contributed by atoms with E-state index in [1.807, 2.05) is 6.07 Å². The first-order chi connectivity index (χ1) is 9.20. The van der Waals surface area contributed by atoms with Crippen molar-refractivity contribution < 1.29 is 14.9 Å². The van der Waals surface area contributed by atoms with Gasteiger partial charge in [0.2, 0.25) is 0 Å². The van der Waals surface area contributed by atoms with Gasteiger partial charge in [-0.3, -0.25) is 0 Å². The predicted molar refractivity (Wildman–Crippen MR) is 75.6 cm³/mol. The molecule has 0 aromatic heterocycles. The van der Waals surface area contributed by atoms with E-state index in [1.165, 1.54) is 0 Å². The van der Waals surface area contributed by atoms with Gasteiger partial charge in [-0.15, -0.1) is 0 Å². The smallest absolute Gasteiger partial charge is 0.127 e. The second kappa shape index (κ2) is 6.14. The zero-order valence-electron chi connectivity index (χ0n) is 11.0. The minimum absolute atomic E-state index is 0.182. The molecule has 3 heteroatoms. The first kappa shape index (κ1) is 13.3. The fourth-order valence-corrected chi connectivity index (χ4v) is 1.87. The van der Waals surface area contributed by atoms with E-state index < -0.39 is 0 Å². The normalized spacial score (nSPS) is 10.4. The number of hydrogen-bond acceptors (Lipinski definition) is 3. The summed E-state index contributed by atoms with van der Waals surface area (Å²) in [6.45, 7) is 2.75. The second-order valence-electron chi connectivity index (χ2n) is 4.43. The molecule has 0 aliphatic carbocycles. The van der Waals surface area contributed by atoms with Crippen LogP contribution < -0.4 is 4.74 Å². The van der Waals surface area contributed by atoms with Crippen LogP contribution >= 0.6 is 0 Å². The maximum Gasteiger partial charge on any atom is 0.127 e. The molecule has 0 saturated carbocycles. The Bertz CT molecular complexity index is 549. The fraction of sp³-hybridized carbons (Fsp3) is 0.250. The van der Waals surface area contributed by atoms with Crippen molar-refractivity contribution in [1.82, 2.24) is 0 Å². The summed E-state index contributed by atoms with van der Waals surface area (Å²) in [5.74, 6) is 1.10. The minimum atomic E-state index is 0.182. The van der Waals surface area contributed by atoms with Crippen LogP contribution in [-0.4, -0.2) is 16.8 Å². The van der Waals surface area contributed by atoms with E-state index >= 15 is 0 Å². The van der Waals surface area contributed by atoms with Crippen LogP contribution in [0.4, 0.5) is 0 Å². The molecule has 0 bridgehead atoms. The number of benzene rings is 2. The Morgan fingerprint density at radius 1 is 1.00 bits per heavy atom. The highest BCUT2D eigenvalue weighted by atomic mass is 16.5. The molecule has 0 radical (unpaired) electrons. The minimum Gasteiger partial charge on any atom is -0.508 e. The third-order valence-electron chi connectivity index (χ3n) is 2.88. The number of unbranched alkanes of at least 4 members (excludes halogenated alkanes) is 1. The quantitative estimate of drug-likeness (QED) is 0.798. The van der Waals surface area contributed by atoms with E-state index in [4.69, 9.17) is 4.74 Å². The van der Waals surface area contributed by atoms with Crippen molar-refractivity contribution in [2.75, 3.05) is 6.61 Å². The molecule has 0 atom stereocenters. The molecule has 0 aliphatic rings. The lowest BCUT2D eigenvalue weighted by molar-refractivity contribution is 0.310. The monoisotopic (exact) mass is 258 g/mol. The van der Waals surface area contributed by atoms with Crippen molar-refractivity contribution >= 4 is 0 Å². The summed E-state index contributed by atoms with van der Waals surface area (Å²) < 4.78 is 5.73. The number of phenols is 2. The van der Waals surface area contributed by atoms with Crippen molar-refractivity contribution in [2.45, 2.75) is 19.8 Å². The van der Waals surface area contributed by atoms with E-state index in [0.29, 0.717) is 6.61 Å². The summed E-state index contributed by atoms with van der Waals surface area (Å²) in [7, 11) is 0. The van der Waals surface area contributed by atoms with Crippen LogP contribution in [0.1, 0.15) is 19.8 Å². The van der Waals surface area contributed by atoms with Gasteiger partial charge in [0.15, 0.2) is 0 Å². The van der Waals surface area contributed by atoms with Gasteiger partial charge in [-0.05, 0) is 42.3 Å². The molecule has 3 nitrogen and oxygen atoms in total. The SMILES string of the molecule is CCCCOc1ccc(O)cc1-c1cccc(O)c1. The van der Waals surface area contributed by atoms with Crippen LogP contribution in [0.3, 0.4) is 0 Å². The molecule has 0 spiro atoms. The Morgan fingerprint density at radius 2 is 1.79 bits per heavy atom. The molecular weight excluding hydrogens is 240 g/mol. The molecular formula is C16H18O3. The van der Waals surface area contributed by atoms with Crippen LogP contribution in [0.25, 0.3) is 11.1 Å². The molecule has 0 aliphatic heterocycles. The highest BCUT2D eigenvalue weighted by Gasteiger charge is 2.08. The molecule has 19 heavy (non-hydrogen) atoms. The summed E-state index contributed by atoms with van der Waals surface area (Å²) in [5.41, 5.74) is 1.61. The zero-order chi connectivity index (χ0) is 13.7. The Hall–Kier alpha value is -2.16. The molecule has 2 N–H and O–H groups in total. The van der Waals surface area contributed by atoms with Gasteiger partial charge in [0.25, 0.3) is 0 Å². The molecule has 0 fully saturated rings. The van der Waals surface area contributed by atoms with Crippen molar-refractivity contribution in [1.29, 1.82) is 0 Å². The van der Waals surface area contributed by atoms with Crippen LogP contribution in [0.2, 0.25) is 0 Å². The first-order valence-electron chi connectivity index (χ1n) is 6.46. The van der Waals surface area contributed by atoms with E-state index in [1.54, 1.807) is 36.4 Å². The summed E-state index contributed by atoms with van der Waals surface area (Å²) in [6.07, 6.45) is 2.06. The number of ether oxygens (including phenoxy) is 1. The summed E-state index contributed by atoms with van der Waals surface area (Å²) in [4.78, 5) is 0. The maximum atomic E-state index is 9.62. The van der Waals surface area contributed by atoms with Crippen LogP contribution in [0.5, 0.6) is 17.2 Å². The fourth-order valence-electron chi connectivity index (χ4n) is 1.87. The van der Waals surface area contributed by atoms with Crippen molar-refractivity contribution in [3.8, 4) is 28.4 Å². The molecule has 2 aromatic carbocycles. The van der Waals surface area contributed by atoms with E-state index in [-0.39, 0.29) is 11.5 Å². The Labute approximate surface area is 113 Å². The molecule has 0 saturated heterocycles. The lowest BCUT2D eigenvalue weighted by Gasteiger charge is -2.12. The van der Waals surface area contributed by atoms with Crippen molar-refractivity contribution in [3.05, 3.63) is 42.5 Å². The molecule has 2 aromatic rings. The molecule has 0 heterocycles. The Balaban J connectivity index is 2.34. The number of hydrogen-bond donors (Lipinski definition) is 2. The van der Waals surface area contributed by atoms with Gasteiger partial charge >= 0.3 is 0 Å². The highest BCUT2D eigenvalue weighted by Crippen LogP contribution is 2.34. The van der Waals surface area contributed by atoms with E-state index in [9.17, 15) is 10.2 Å². The van der Waals surface area contributed by atoms with Gasteiger partial charge in [0.05, 0.1) is 6.61 Å². The molecule has 2 rings (SSSR count). The summed E-state index contributed by atoms with van der Waals surface area (Å²) in [6, 6.07) is 11.9. The highest BCUT2D eigenvalue weighted by molar-refractivity contribution is 5.72. The number of aromatic hydroxyl groups is 2. The van der Waals surface area contributed by atoms with Gasteiger partial charge in [-0.2, -0.15) is 0 Å². The van der Waals surface area contributed by atoms with Crippen LogP contribution in [0.15, 0.2) is 42.5 Å². The van der Waals surface area contributed by atoms with Gasteiger partial charge < -0.3 is 14.9 Å². The van der Waals surface area contributed by atoms with Gasteiger partial charge in [0, 0.05) is 5.56 Å². The number of rotatable bonds is 5. The van der Waals surface area contributed by atoms with E-state index in [2.05, 4.69) is 6.92 Å². The lowest BCUT2D eigenvalue weighted by atomic mass is 10.0. The average molecular weight is 258 g/mol. The third-order valence-corrected chi connectivity index (χ3v) is 2.88. The van der Waals surface area contributed by atoms with Crippen molar-refractivity contribution in [2.24, 2.45) is 0 Å². The first-order valence-corrected chi connectivity index (χ1v) is 6.46. The van der Waals surface area contributed by atoms with Gasteiger partial charge in [0.1, 0.15) is 17.2 Å². The largest absolute Gasteiger partial charge is 0.508 e. The van der Waals surface area contributed by atoms with Crippen LogP contribution in [0, 0.1) is 0 Å². The zero-order valence-corrected chi connectivity index (χ0v) is 11.0. The number of phenolic OH excluding ortho intramolecular Hbond substituents is 2. The van der Waals surface area contributed by atoms with Crippen molar-refractivity contribution in [3.63, 3.8) is 0 Å². The predicted octanol–water partition coefficient (Wildman–Crippen LogP) is 3.94. The maximum absolute atomic E-state index is 9.62.